The van der Waals surface area contributed by atoms with Gasteiger partial charge in [0.2, 0.25) is 0 Å². The second kappa shape index (κ2) is 4.80. The molecule has 0 aromatic carbocycles. The predicted octanol–water partition coefficient (Wildman–Crippen LogP) is 0.788. The van der Waals surface area contributed by atoms with Crippen LogP contribution in [0.15, 0.2) is 0 Å². The lowest BCUT2D eigenvalue weighted by molar-refractivity contribution is -0.156. The van der Waals surface area contributed by atoms with Crippen LogP contribution in [0.1, 0.15) is 20.3 Å². The molecule has 0 spiro atoms. The Morgan fingerprint density at radius 1 is 1.58 bits per heavy atom. The molecule has 3 nitrogen and oxygen atoms in total. The molecule has 1 aliphatic heterocycles. The zero-order valence-electron chi connectivity index (χ0n) is 8.17. The van der Waals surface area contributed by atoms with Gasteiger partial charge in [0.05, 0.1) is 19.3 Å². The Morgan fingerprint density at radius 2 is 2.25 bits per heavy atom. The molecule has 1 rings (SSSR count). The summed E-state index contributed by atoms with van der Waals surface area (Å²) >= 11 is 0. The highest BCUT2D eigenvalue weighted by molar-refractivity contribution is 4.74. The minimum Gasteiger partial charge on any atom is -0.376 e. The standard InChI is InChI=1S/C9H19NO2/c1-4-9(10-3)7(2)12-8-5-11-6-8/h7-10H,4-6H2,1-3H3. The Kier molecular flexibility index (Phi) is 3.98. The summed E-state index contributed by atoms with van der Waals surface area (Å²) in [6, 6.07) is 0.464. The summed E-state index contributed by atoms with van der Waals surface area (Å²) in [6.45, 7) is 5.82. The summed E-state index contributed by atoms with van der Waals surface area (Å²) in [4.78, 5) is 0. The number of nitrogens with one attached hydrogen (secondary N) is 1. The molecule has 2 unspecified atom stereocenters. The van der Waals surface area contributed by atoms with Gasteiger partial charge in [-0.05, 0) is 20.4 Å². The van der Waals surface area contributed by atoms with Crippen molar-refractivity contribution >= 4 is 0 Å². The van der Waals surface area contributed by atoms with Crippen LogP contribution < -0.4 is 5.32 Å². The summed E-state index contributed by atoms with van der Waals surface area (Å²) in [5.74, 6) is 0. The SMILES string of the molecule is CCC(NC)C(C)OC1COC1. The molecule has 0 aromatic rings. The van der Waals surface area contributed by atoms with E-state index in [0.29, 0.717) is 12.1 Å². The van der Waals surface area contributed by atoms with Crippen molar-refractivity contribution in [3.8, 4) is 0 Å². The van der Waals surface area contributed by atoms with Crippen molar-refractivity contribution in [1.82, 2.24) is 5.32 Å². The molecule has 1 heterocycles. The van der Waals surface area contributed by atoms with E-state index in [0.717, 1.165) is 19.6 Å². The summed E-state index contributed by atoms with van der Waals surface area (Å²) in [5, 5.41) is 3.24. The molecule has 0 radical (unpaired) electrons. The van der Waals surface area contributed by atoms with E-state index >= 15 is 0 Å². The van der Waals surface area contributed by atoms with Crippen LogP contribution in [0.4, 0.5) is 0 Å². The van der Waals surface area contributed by atoms with E-state index in [2.05, 4.69) is 19.2 Å². The average Bonchev–Trinajstić information content (AvgIpc) is 1.99. The van der Waals surface area contributed by atoms with Gasteiger partial charge in [0.25, 0.3) is 0 Å². The van der Waals surface area contributed by atoms with E-state index in [9.17, 15) is 0 Å². The van der Waals surface area contributed by atoms with E-state index in [4.69, 9.17) is 9.47 Å². The third kappa shape index (κ3) is 2.44. The van der Waals surface area contributed by atoms with Crippen LogP contribution in [0.3, 0.4) is 0 Å². The summed E-state index contributed by atoms with van der Waals surface area (Å²) < 4.78 is 10.8. The van der Waals surface area contributed by atoms with Gasteiger partial charge in [-0.3, -0.25) is 0 Å². The van der Waals surface area contributed by atoms with Crippen LogP contribution in [-0.4, -0.2) is 38.5 Å². The zero-order valence-corrected chi connectivity index (χ0v) is 8.17. The van der Waals surface area contributed by atoms with Gasteiger partial charge in [0.15, 0.2) is 0 Å². The lowest BCUT2D eigenvalue weighted by Crippen LogP contribution is -2.45. The van der Waals surface area contributed by atoms with Crippen LogP contribution in [0.25, 0.3) is 0 Å². The molecular formula is C9H19NO2. The van der Waals surface area contributed by atoms with Gasteiger partial charge in [0.1, 0.15) is 6.10 Å². The number of hydrogen-bond donors (Lipinski definition) is 1. The highest BCUT2D eigenvalue weighted by Gasteiger charge is 2.24. The highest BCUT2D eigenvalue weighted by atomic mass is 16.6. The van der Waals surface area contributed by atoms with Crippen molar-refractivity contribution < 1.29 is 9.47 Å². The smallest absolute Gasteiger partial charge is 0.105 e. The molecule has 12 heavy (non-hydrogen) atoms. The Labute approximate surface area is 74.4 Å². The third-order valence-electron chi connectivity index (χ3n) is 2.39. The topological polar surface area (TPSA) is 30.5 Å². The maximum absolute atomic E-state index is 5.74. The van der Waals surface area contributed by atoms with Crippen molar-refractivity contribution in [3.63, 3.8) is 0 Å². The van der Waals surface area contributed by atoms with E-state index in [1.807, 2.05) is 7.05 Å². The fourth-order valence-corrected chi connectivity index (χ4v) is 1.46. The number of hydrogen-bond acceptors (Lipinski definition) is 3. The zero-order chi connectivity index (χ0) is 8.97. The van der Waals surface area contributed by atoms with Gasteiger partial charge in [-0.15, -0.1) is 0 Å². The van der Waals surface area contributed by atoms with Gasteiger partial charge in [-0.2, -0.15) is 0 Å². The van der Waals surface area contributed by atoms with E-state index in [-0.39, 0.29) is 6.10 Å². The highest BCUT2D eigenvalue weighted by Crippen LogP contribution is 2.11. The van der Waals surface area contributed by atoms with E-state index < -0.39 is 0 Å². The Morgan fingerprint density at radius 3 is 2.58 bits per heavy atom. The minimum atomic E-state index is 0.286. The molecule has 3 heteroatoms. The number of likely N-dealkylation sites (N-methyl/N-ethyl adjacent to an activating group) is 1. The van der Waals surface area contributed by atoms with Gasteiger partial charge in [-0.1, -0.05) is 6.92 Å². The maximum atomic E-state index is 5.74. The summed E-state index contributed by atoms with van der Waals surface area (Å²) in [6.07, 6.45) is 1.72. The Balaban J connectivity index is 2.19. The van der Waals surface area contributed by atoms with Crippen molar-refractivity contribution in [2.45, 2.75) is 38.5 Å². The largest absolute Gasteiger partial charge is 0.376 e. The van der Waals surface area contributed by atoms with Gasteiger partial charge in [0, 0.05) is 6.04 Å². The van der Waals surface area contributed by atoms with Crippen LogP contribution >= 0.6 is 0 Å². The first-order valence-corrected chi connectivity index (χ1v) is 4.68. The van der Waals surface area contributed by atoms with Gasteiger partial charge in [-0.25, -0.2) is 0 Å². The monoisotopic (exact) mass is 173 g/mol. The van der Waals surface area contributed by atoms with Crippen molar-refractivity contribution in [2.24, 2.45) is 0 Å². The third-order valence-corrected chi connectivity index (χ3v) is 2.39. The summed E-state index contributed by atoms with van der Waals surface area (Å²) in [7, 11) is 1.98. The number of ether oxygens (including phenoxy) is 2. The van der Waals surface area contributed by atoms with Crippen molar-refractivity contribution in [2.75, 3.05) is 20.3 Å². The molecular weight excluding hydrogens is 154 g/mol. The van der Waals surface area contributed by atoms with Gasteiger partial charge >= 0.3 is 0 Å². The molecule has 1 saturated heterocycles. The summed E-state index contributed by atoms with van der Waals surface area (Å²) in [5.41, 5.74) is 0. The fourth-order valence-electron chi connectivity index (χ4n) is 1.46. The van der Waals surface area contributed by atoms with E-state index in [1.165, 1.54) is 0 Å². The fraction of sp³-hybridized carbons (Fsp3) is 1.00. The second-order valence-corrected chi connectivity index (χ2v) is 3.30. The Hall–Kier alpha value is -0.120. The second-order valence-electron chi connectivity index (χ2n) is 3.30. The molecule has 0 amide bonds. The first-order valence-electron chi connectivity index (χ1n) is 4.68. The van der Waals surface area contributed by atoms with E-state index in [1.54, 1.807) is 0 Å². The molecule has 0 aliphatic carbocycles. The average molecular weight is 173 g/mol. The predicted molar refractivity (Wildman–Crippen MR) is 48.3 cm³/mol. The van der Waals surface area contributed by atoms with Crippen LogP contribution in [0.5, 0.6) is 0 Å². The van der Waals surface area contributed by atoms with Gasteiger partial charge < -0.3 is 14.8 Å². The van der Waals surface area contributed by atoms with Crippen LogP contribution in [0.2, 0.25) is 0 Å². The Bertz CT molecular complexity index is 122. The van der Waals surface area contributed by atoms with Crippen molar-refractivity contribution in [3.05, 3.63) is 0 Å². The minimum absolute atomic E-state index is 0.286. The maximum Gasteiger partial charge on any atom is 0.105 e. The molecule has 1 aliphatic rings. The molecule has 72 valence electrons. The quantitative estimate of drug-likeness (QED) is 0.666. The first kappa shape index (κ1) is 9.96. The van der Waals surface area contributed by atoms with Crippen LogP contribution in [0, 0.1) is 0 Å². The molecule has 1 fully saturated rings. The molecule has 0 bridgehead atoms. The van der Waals surface area contributed by atoms with Crippen molar-refractivity contribution in [1.29, 1.82) is 0 Å². The van der Waals surface area contributed by atoms with Crippen LogP contribution in [-0.2, 0) is 9.47 Å². The number of rotatable bonds is 5. The first-order chi connectivity index (χ1) is 5.77. The lowest BCUT2D eigenvalue weighted by atomic mass is 10.1. The molecule has 1 N–H and O–H groups in total. The molecule has 0 aromatic heterocycles. The molecule has 0 saturated carbocycles. The molecule has 2 atom stereocenters. The normalized spacial score (nSPS) is 23.2. The lowest BCUT2D eigenvalue weighted by Gasteiger charge is -2.32.